The predicted octanol–water partition coefficient (Wildman–Crippen LogP) is 3.76. The Morgan fingerprint density at radius 2 is 1.87 bits per heavy atom. The summed E-state index contributed by atoms with van der Waals surface area (Å²) in [4.78, 5) is 12.6. The molecule has 3 aromatic rings. The smallest absolute Gasteiger partial charge is 0.359 e. The maximum Gasteiger partial charge on any atom is 0.359 e. The van der Waals surface area contributed by atoms with E-state index in [2.05, 4.69) is 11.2 Å². The minimum atomic E-state index is -0.398. The van der Waals surface area contributed by atoms with Crippen molar-refractivity contribution < 1.29 is 23.7 Å². The first-order valence-electron chi connectivity index (χ1n) is 10.3. The third kappa shape index (κ3) is 4.39. The largest absolute Gasteiger partial charge is 0.461 e. The van der Waals surface area contributed by atoms with Gasteiger partial charge in [0.1, 0.15) is 6.79 Å². The van der Waals surface area contributed by atoms with Crippen molar-refractivity contribution in [3.63, 3.8) is 0 Å². The maximum atomic E-state index is 12.6. The third-order valence-corrected chi connectivity index (χ3v) is 5.19. The van der Waals surface area contributed by atoms with Gasteiger partial charge in [-0.2, -0.15) is 5.10 Å². The molecular formula is C24H26N2O5. The van der Waals surface area contributed by atoms with E-state index >= 15 is 0 Å². The van der Waals surface area contributed by atoms with Crippen LogP contribution in [0.4, 0.5) is 0 Å². The number of rotatable bonds is 10. The second-order valence-corrected chi connectivity index (χ2v) is 7.13. The van der Waals surface area contributed by atoms with E-state index in [4.69, 9.17) is 18.9 Å². The zero-order valence-corrected chi connectivity index (χ0v) is 17.8. The second-order valence-electron chi connectivity index (χ2n) is 7.13. The molecule has 0 bridgehead atoms. The summed E-state index contributed by atoms with van der Waals surface area (Å²) >= 11 is 0. The number of esters is 1. The summed E-state index contributed by atoms with van der Waals surface area (Å²) < 4.78 is 23.2. The Balaban J connectivity index is 1.65. The predicted molar refractivity (Wildman–Crippen MR) is 115 cm³/mol. The molecule has 2 aromatic carbocycles. The lowest BCUT2D eigenvalue weighted by Crippen LogP contribution is -2.10. The molecule has 4 rings (SSSR count). The van der Waals surface area contributed by atoms with Gasteiger partial charge in [-0.25, -0.2) is 9.48 Å². The Bertz CT molecular complexity index is 1050. The van der Waals surface area contributed by atoms with Crippen molar-refractivity contribution in [2.75, 3.05) is 33.7 Å². The average Bonchev–Trinajstić information content (AvgIpc) is 3.35. The summed E-state index contributed by atoms with van der Waals surface area (Å²) in [5.74, 6) is -0.398. The molecule has 7 heteroatoms. The van der Waals surface area contributed by atoms with Gasteiger partial charge >= 0.3 is 5.97 Å². The first-order chi connectivity index (χ1) is 15.2. The topological polar surface area (TPSA) is 71.8 Å². The number of methoxy groups -OCH3 is 1. The van der Waals surface area contributed by atoms with Gasteiger partial charge in [0.05, 0.1) is 37.8 Å². The van der Waals surface area contributed by atoms with Crippen molar-refractivity contribution in [1.29, 1.82) is 0 Å². The molecule has 1 heterocycles. The standard InChI is InChI=1S/C24H26N2O5/c1-3-31-24(27)22-21-14-20-17(15-30-16-29-13-12-28-2)8-7-11-19(20)23(21)26(25-22)18-9-5-4-6-10-18/h4-11H,3,12-16H2,1-2H3. The Hall–Kier alpha value is -3.00. The minimum Gasteiger partial charge on any atom is -0.461 e. The highest BCUT2D eigenvalue weighted by Crippen LogP contribution is 2.41. The van der Waals surface area contributed by atoms with E-state index in [0.717, 1.165) is 33.6 Å². The molecular weight excluding hydrogens is 396 g/mol. The van der Waals surface area contributed by atoms with Crippen LogP contribution in [0.1, 0.15) is 34.1 Å². The molecule has 0 amide bonds. The number of fused-ring (bicyclic) bond motifs is 3. The Morgan fingerprint density at radius 3 is 2.65 bits per heavy atom. The van der Waals surface area contributed by atoms with Crippen LogP contribution >= 0.6 is 0 Å². The van der Waals surface area contributed by atoms with Crippen molar-refractivity contribution in [3.8, 4) is 16.9 Å². The van der Waals surface area contributed by atoms with E-state index in [1.54, 1.807) is 14.0 Å². The molecule has 0 unspecified atom stereocenters. The molecule has 1 aliphatic rings. The molecule has 0 saturated heterocycles. The van der Waals surface area contributed by atoms with Crippen molar-refractivity contribution in [2.24, 2.45) is 0 Å². The number of hydrogen-bond donors (Lipinski definition) is 0. The van der Waals surface area contributed by atoms with Gasteiger partial charge in [-0.05, 0) is 30.2 Å². The van der Waals surface area contributed by atoms with Gasteiger partial charge in [-0.15, -0.1) is 0 Å². The molecule has 1 aromatic heterocycles. The fraction of sp³-hybridized carbons (Fsp3) is 0.333. The highest BCUT2D eigenvalue weighted by Gasteiger charge is 2.32. The first-order valence-corrected chi connectivity index (χ1v) is 10.3. The lowest BCUT2D eigenvalue weighted by molar-refractivity contribution is -0.0725. The van der Waals surface area contributed by atoms with Crippen LogP contribution in [-0.2, 0) is 32.0 Å². The van der Waals surface area contributed by atoms with E-state index in [1.807, 2.05) is 47.1 Å². The molecule has 31 heavy (non-hydrogen) atoms. The number of aromatic nitrogens is 2. The summed E-state index contributed by atoms with van der Waals surface area (Å²) in [5, 5.41) is 4.63. The van der Waals surface area contributed by atoms with Crippen LogP contribution in [0.25, 0.3) is 16.9 Å². The van der Waals surface area contributed by atoms with Crippen LogP contribution in [0.2, 0.25) is 0 Å². The van der Waals surface area contributed by atoms with E-state index in [-0.39, 0.29) is 6.79 Å². The quantitative estimate of drug-likeness (QED) is 0.220. The number of carbonyl (C=O) groups excluding carboxylic acids is 1. The molecule has 0 spiro atoms. The van der Waals surface area contributed by atoms with Gasteiger partial charge in [-0.1, -0.05) is 36.4 Å². The van der Waals surface area contributed by atoms with Crippen molar-refractivity contribution >= 4 is 5.97 Å². The molecule has 1 aliphatic carbocycles. The number of hydrogen-bond acceptors (Lipinski definition) is 6. The number of carbonyl (C=O) groups is 1. The van der Waals surface area contributed by atoms with Crippen molar-refractivity contribution in [3.05, 3.63) is 70.9 Å². The normalized spacial score (nSPS) is 11.9. The fourth-order valence-corrected chi connectivity index (χ4v) is 3.80. The molecule has 0 fully saturated rings. The third-order valence-electron chi connectivity index (χ3n) is 5.19. The van der Waals surface area contributed by atoms with Crippen molar-refractivity contribution in [1.82, 2.24) is 9.78 Å². The fourth-order valence-electron chi connectivity index (χ4n) is 3.80. The molecule has 0 radical (unpaired) electrons. The number of benzene rings is 2. The highest BCUT2D eigenvalue weighted by atomic mass is 16.7. The summed E-state index contributed by atoms with van der Waals surface area (Å²) in [7, 11) is 1.64. The lowest BCUT2D eigenvalue weighted by atomic mass is 10.0. The monoisotopic (exact) mass is 422 g/mol. The van der Waals surface area contributed by atoms with Gasteiger partial charge < -0.3 is 18.9 Å². The summed E-state index contributed by atoms with van der Waals surface area (Å²) in [5.41, 5.74) is 6.36. The van der Waals surface area contributed by atoms with Crippen LogP contribution in [0.15, 0.2) is 48.5 Å². The molecule has 0 N–H and O–H groups in total. The van der Waals surface area contributed by atoms with Crippen LogP contribution in [-0.4, -0.2) is 49.5 Å². The van der Waals surface area contributed by atoms with Crippen LogP contribution in [0.5, 0.6) is 0 Å². The molecule has 162 valence electrons. The SMILES string of the molecule is CCOC(=O)c1nn(-c2ccccc2)c2c1Cc1c(COCOCCOC)cccc1-2. The van der Waals surface area contributed by atoms with E-state index < -0.39 is 5.97 Å². The highest BCUT2D eigenvalue weighted by molar-refractivity contribution is 5.94. The van der Waals surface area contributed by atoms with Gasteiger partial charge in [0.15, 0.2) is 5.69 Å². The van der Waals surface area contributed by atoms with Crippen LogP contribution in [0, 0.1) is 0 Å². The average molecular weight is 422 g/mol. The van der Waals surface area contributed by atoms with E-state index in [0.29, 0.717) is 38.5 Å². The van der Waals surface area contributed by atoms with Crippen LogP contribution in [0.3, 0.4) is 0 Å². The molecule has 7 nitrogen and oxygen atoms in total. The minimum absolute atomic E-state index is 0.200. The van der Waals surface area contributed by atoms with Crippen molar-refractivity contribution in [2.45, 2.75) is 20.0 Å². The van der Waals surface area contributed by atoms with E-state index in [9.17, 15) is 4.79 Å². The lowest BCUT2D eigenvalue weighted by Gasteiger charge is -2.12. The number of nitrogens with zero attached hydrogens (tertiary/aromatic N) is 2. The first kappa shape index (κ1) is 21.2. The summed E-state index contributed by atoms with van der Waals surface area (Å²) in [6, 6.07) is 15.9. The van der Waals surface area contributed by atoms with Gasteiger partial charge in [0, 0.05) is 24.7 Å². The summed E-state index contributed by atoms with van der Waals surface area (Å²) in [6.07, 6.45) is 0.607. The molecule has 0 aliphatic heterocycles. The van der Waals surface area contributed by atoms with E-state index in [1.165, 1.54) is 0 Å². The van der Waals surface area contributed by atoms with Gasteiger partial charge in [-0.3, -0.25) is 0 Å². The maximum absolute atomic E-state index is 12.6. The van der Waals surface area contributed by atoms with Crippen LogP contribution < -0.4 is 0 Å². The number of ether oxygens (including phenoxy) is 4. The zero-order chi connectivity index (χ0) is 21.6. The molecule has 0 saturated carbocycles. The Kier molecular flexibility index (Phi) is 6.76. The second kappa shape index (κ2) is 9.87. The summed E-state index contributed by atoms with van der Waals surface area (Å²) in [6.45, 7) is 3.75. The molecule has 0 atom stereocenters. The van der Waals surface area contributed by atoms with Gasteiger partial charge in [0.25, 0.3) is 0 Å². The Labute approximate surface area is 181 Å². The zero-order valence-electron chi connectivity index (χ0n) is 17.8. The van der Waals surface area contributed by atoms with Gasteiger partial charge in [0.2, 0.25) is 0 Å². The Morgan fingerprint density at radius 1 is 1.03 bits per heavy atom. The number of para-hydroxylation sites is 1.